The lowest BCUT2D eigenvalue weighted by molar-refractivity contribution is 0.117. The van der Waals surface area contributed by atoms with Gasteiger partial charge in [0, 0.05) is 13.7 Å². The molecule has 0 heterocycles. The van der Waals surface area contributed by atoms with Gasteiger partial charge < -0.3 is 4.74 Å². The summed E-state index contributed by atoms with van der Waals surface area (Å²) in [5.41, 5.74) is 0. The van der Waals surface area contributed by atoms with Crippen LogP contribution in [0.25, 0.3) is 0 Å². The van der Waals surface area contributed by atoms with Crippen molar-refractivity contribution in [3.05, 3.63) is 0 Å². The molecule has 1 heteroatoms. The minimum absolute atomic E-state index is 0.864. The van der Waals surface area contributed by atoms with Crippen molar-refractivity contribution >= 4 is 0 Å². The molecule has 0 aromatic rings. The monoisotopic (exact) mass is 266 g/mol. The minimum Gasteiger partial charge on any atom is -0.384 e. The van der Waals surface area contributed by atoms with Crippen molar-refractivity contribution in [3.8, 4) is 0 Å². The average molecular weight is 266 g/mol. The molecule has 0 aromatic heterocycles. The van der Waals surface area contributed by atoms with E-state index in [4.69, 9.17) is 4.74 Å². The Kier molecular flexibility index (Phi) is 7.27. The van der Waals surface area contributed by atoms with Crippen molar-refractivity contribution in [1.82, 2.24) is 0 Å². The van der Waals surface area contributed by atoms with E-state index in [0.29, 0.717) is 0 Å². The fourth-order valence-electron chi connectivity index (χ4n) is 4.26. The van der Waals surface area contributed by atoms with E-state index < -0.39 is 0 Å². The van der Waals surface area contributed by atoms with E-state index in [1.54, 1.807) is 0 Å². The van der Waals surface area contributed by atoms with Crippen LogP contribution in [0.1, 0.15) is 83.5 Å². The van der Waals surface area contributed by atoms with E-state index >= 15 is 0 Å². The number of methoxy groups -OCH3 is 1. The Bertz CT molecular complexity index is 212. The molecule has 2 aliphatic rings. The van der Waals surface area contributed by atoms with E-state index in [-0.39, 0.29) is 0 Å². The van der Waals surface area contributed by atoms with Gasteiger partial charge in [-0.05, 0) is 30.6 Å². The van der Waals surface area contributed by atoms with Crippen LogP contribution in [0, 0.1) is 17.8 Å². The Balaban J connectivity index is 1.47. The second-order valence-electron chi connectivity index (χ2n) is 7.13. The molecule has 0 radical (unpaired) electrons. The molecular weight excluding hydrogens is 232 g/mol. The van der Waals surface area contributed by atoms with Crippen molar-refractivity contribution in [3.63, 3.8) is 0 Å². The standard InChI is InChI=1S/C18H34O/c1-19-15-18-13-11-17(12-14-18)10-6-5-9-16-7-3-2-4-8-16/h16-18H,2-15H2,1H3/t17-,18-. The first-order valence-electron chi connectivity index (χ1n) is 8.87. The Hall–Kier alpha value is -0.0400. The molecular formula is C18H34O. The summed E-state index contributed by atoms with van der Waals surface area (Å²) in [7, 11) is 1.84. The Labute approximate surface area is 120 Å². The first-order chi connectivity index (χ1) is 9.38. The van der Waals surface area contributed by atoms with Crippen LogP contribution in [0.2, 0.25) is 0 Å². The Morgan fingerprint density at radius 1 is 0.684 bits per heavy atom. The maximum atomic E-state index is 5.28. The van der Waals surface area contributed by atoms with Crippen LogP contribution in [0.15, 0.2) is 0 Å². The Morgan fingerprint density at radius 3 is 1.79 bits per heavy atom. The SMILES string of the molecule is COC[C@H]1CC[C@H](CCCCC2CCCCC2)CC1. The quantitative estimate of drug-likeness (QED) is 0.547. The largest absolute Gasteiger partial charge is 0.384 e. The molecule has 112 valence electrons. The molecule has 0 atom stereocenters. The summed E-state index contributed by atoms with van der Waals surface area (Å²) in [4.78, 5) is 0. The lowest BCUT2D eigenvalue weighted by Gasteiger charge is -2.28. The van der Waals surface area contributed by atoms with Gasteiger partial charge in [0.25, 0.3) is 0 Å². The van der Waals surface area contributed by atoms with Crippen molar-refractivity contribution in [2.24, 2.45) is 17.8 Å². The average Bonchev–Trinajstić information content (AvgIpc) is 2.47. The summed E-state index contributed by atoms with van der Waals surface area (Å²) in [5, 5.41) is 0. The summed E-state index contributed by atoms with van der Waals surface area (Å²) in [6, 6.07) is 0. The molecule has 2 aliphatic carbocycles. The van der Waals surface area contributed by atoms with Crippen LogP contribution in [0.4, 0.5) is 0 Å². The summed E-state index contributed by atoms with van der Waals surface area (Å²) in [5.74, 6) is 2.99. The van der Waals surface area contributed by atoms with Crippen LogP contribution in [-0.4, -0.2) is 13.7 Å². The van der Waals surface area contributed by atoms with E-state index in [0.717, 1.165) is 24.4 Å². The minimum atomic E-state index is 0.864. The third-order valence-corrected chi connectivity index (χ3v) is 5.57. The first-order valence-corrected chi connectivity index (χ1v) is 8.87. The van der Waals surface area contributed by atoms with Crippen molar-refractivity contribution in [1.29, 1.82) is 0 Å². The summed E-state index contributed by atoms with van der Waals surface area (Å²) in [6.45, 7) is 0.994. The molecule has 19 heavy (non-hydrogen) atoms. The van der Waals surface area contributed by atoms with Gasteiger partial charge in [0.1, 0.15) is 0 Å². The number of hydrogen-bond donors (Lipinski definition) is 0. The second-order valence-corrected chi connectivity index (χ2v) is 7.13. The molecule has 0 aromatic carbocycles. The molecule has 0 unspecified atom stereocenters. The van der Waals surface area contributed by atoms with Crippen molar-refractivity contribution in [2.75, 3.05) is 13.7 Å². The van der Waals surface area contributed by atoms with E-state index in [1.165, 1.54) is 83.5 Å². The first kappa shape index (κ1) is 15.4. The molecule has 0 spiro atoms. The second kappa shape index (κ2) is 9.00. The topological polar surface area (TPSA) is 9.23 Å². The lowest BCUT2D eigenvalue weighted by atomic mass is 9.79. The number of rotatable bonds is 7. The summed E-state index contributed by atoms with van der Waals surface area (Å²) >= 11 is 0. The van der Waals surface area contributed by atoms with E-state index in [1.807, 2.05) is 7.11 Å². The van der Waals surface area contributed by atoms with Crippen LogP contribution >= 0.6 is 0 Å². The zero-order valence-electron chi connectivity index (χ0n) is 13.0. The predicted molar refractivity (Wildman–Crippen MR) is 82.4 cm³/mol. The number of hydrogen-bond acceptors (Lipinski definition) is 1. The molecule has 0 saturated heterocycles. The van der Waals surface area contributed by atoms with Gasteiger partial charge in [-0.2, -0.15) is 0 Å². The molecule has 0 aliphatic heterocycles. The number of ether oxygens (including phenoxy) is 1. The van der Waals surface area contributed by atoms with Gasteiger partial charge in [0.2, 0.25) is 0 Å². The van der Waals surface area contributed by atoms with Gasteiger partial charge in [-0.15, -0.1) is 0 Å². The molecule has 1 nitrogen and oxygen atoms in total. The van der Waals surface area contributed by atoms with E-state index in [2.05, 4.69) is 0 Å². The zero-order chi connectivity index (χ0) is 13.3. The van der Waals surface area contributed by atoms with Crippen molar-refractivity contribution in [2.45, 2.75) is 83.5 Å². The van der Waals surface area contributed by atoms with Crippen LogP contribution < -0.4 is 0 Å². The third kappa shape index (κ3) is 5.85. The van der Waals surface area contributed by atoms with Gasteiger partial charge in [-0.1, -0.05) is 70.6 Å². The lowest BCUT2D eigenvalue weighted by Crippen LogP contribution is -2.18. The smallest absolute Gasteiger partial charge is 0.0490 e. The van der Waals surface area contributed by atoms with Gasteiger partial charge >= 0.3 is 0 Å². The molecule has 0 N–H and O–H groups in total. The summed E-state index contributed by atoms with van der Waals surface area (Å²) in [6.07, 6.45) is 19.4. The van der Waals surface area contributed by atoms with Gasteiger partial charge in [0.05, 0.1) is 0 Å². The fraction of sp³-hybridized carbons (Fsp3) is 1.00. The fourth-order valence-corrected chi connectivity index (χ4v) is 4.26. The Morgan fingerprint density at radius 2 is 1.21 bits per heavy atom. The molecule has 2 fully saturated rings. The highest BCUT2D eigenvalue weighted by atomic mass is 16.5. The van der Waals surface area contributed by atoms with Crippen LogP contribution in [-0.2, 0) is 4.74 Å². The van der Waals surface area contributed by atoms with Crippen LogP contribution in [0.5, 0.6) is 0 Å². The highest BCUT2D eigenvalue weighted by Crippen LogP contribution is 2.33. The molecule has 2 rings (SSSR count). The highest BCUT2D eigenvalue weighted by Gasteiger charge is 2.20. The van der Waals surface area contributed by atoms with Gasteiger partial charge in [-0.3, -0.25) is 0 Å². The maximum Gasteiger partial charge on any atom is 0.0490 e. The highest BCUT2D eigenvalue weighted by molar-refractivity contribution is 4.73. The predicted octanol–water partition coefficient (Wildman–Crippen LogP) is 5.58. The van der Waals surface area contributed by atoms with Gasteiger partial charge in [-0.25, -0.2) is 0 Å². The van der Waals surface area contributed by atoms with E-state index in [9.17, 15) is 0 Å². The number of unbranched alkanes of at least 4 members (excludes halogenated alkanes) is 1. The normalized spacial score (nSPS) is 29.5. The molecule has 2 saturated carbocycles. The molecule has 0 amide bonds. The maximum absolute atomic E-state index is 5.28. The van der Waals surface area contributed by atoms with Crippen LogP contribution in [0.3, 0.4) is 0 Å². The molecule has 0 bridgehead atoms. The van der Waals surface area contributed by atoms with Gasteiger partial charge in [0.15, 0.2) is 0 Å². The zero-order valence-corrected chi connectivity index (χ0v) is 13.0. The van der Waals surface area contributed by atoms with Crippen molar-refractivity contribution < 1.29 is 4.74 Å². The third-order valence-electron chi connectivity index (χ3n) is 5.57. The summed E-state index contributed by atoms with van der Waals surface area (Å²) < 4.78 is 5.28.